The highest BCUT2D eigenvalue weighted by atomic mass is 32.1. The van der Waals surface area contributed by atoms with Gasteiger partial charge in [0.15, 0.2) is 0 Å². The molecule has 1 aliphatic rings. The topological polar surface area (TPSA) is 86.2 Å². The van der Waals surface area contributed by atoms with E-state index >= 15 is 0 Å². The van der Waals surface area contributed by atoms with E-state index < -0.39 is 42.2 Å². The van der Waals surface area contributed by atoms with Gasteiger partial charge in [0, 0.05) is 29.7 Å². The van der Waals surface area contributed by atoms with E-state index in [2.05, 4.69) is 5.10 Å². The predicted octanol–water partition coefficient (Wildman–Crippen LogP) is 2.71. The number of fused-ring (bicyclic) bond motifs is 1. The Morgan fingerprint density at radius 2 is 2.03 bits per heavy atom. The van der Waals surface area contributed by atoms with Crippen molar-refractivity contribution in [3.8, 4) is 0 Å². The molecule has 2 N–H and O–H groups in total. The van der Waals surface area contributed by atoms with Crippen LogP contribution < -0.4 is 16.3 Å². The van der Waals surface area contributed by atoms with Crippen LogP contribution in [0.25, 0.3) is 0 Å². The Hall–Kier alpha value is -3.18. The number of aromatic nitrogens is 3. The lowest BCUT2D eigenvalue weighted by atomic mass is 9.91. The number of nitrogens with zero attached hydrogens (tertiary/aromatic N) is 4. The summed E-state index contributed by atoms with van der Waals surface area (Å²) in [6.45, 7) is -0.967. The predicted molar refractivity (Wildman–Crippen MR) is 114 cm³/mol. The van der Waals surface area contributed by atoms with Crippen molar-refractivity contribution in [2.75, 3.05) is 18.5 Å². The van der Waals surface area contributed by atoms with Crippen molar-refractivity contribution in [3.63, 3.8) is 0 Å². The third-order valence-corrected chi connectivity index (χ3v) is 6.70. The van der Waals surface area contributed by atoms with E-state index in [4.69, 9.17) is 5.73 Å². The van der Waals surface area contributed by atoms with Gasteiger partial charge in [-0.1, -0.05) is 18.2 Å². The number of thiophene rings is 1. The smallest absolute Gasteiger partial charge is 0.327 e. The fraction of sp³-hybridized carbons (Fsp3) is 0.286. The maximum Gasteiger partial charge on any atom is 0.346 e. The maximum atomic E-state index is 14.7. The summed E-state index contributed by atoms with van der Waals surface area (Å²) >= 11 is 1.11. The monoisotopic (exact) mass is 463 g/mol. The number of carbonyl (C=O) groups is 1. The first-order valence-corrected chi connectivity index (χ1v) is 10.6. The highest BCUT2D eigenvalue weighted by Crippen LogP contribution is 2.38. The lowest BCUT2D eigenvalue weighted by molar-refractivity contribution is -0.120. The molecule has 1 aromatic carbocycles. The van der Waals surface area contributed by atoms with Crippen molar-refractivity contribution in [2.24, 2.45) is 5.73 Å². The number of benzene rings is 1. The molecule has 1 amide bonds. The molecule has 0 saturated carbocycles. The molecule has 0 saturated heterocycles. The summed E-state index contributed by atoms with van der Waals surface area (Å²) in [6, 6.07) is 8.89. The Bertz CT molecular complexity index is 1260. The van der Waals surface area contributed by atoms with Crippen LogP contribution in [0.2, 0.25) is 0 Å². The number of carbonyl (C=O) groups excluding carboxylic acids is 1. The quantitative estimate of drug-likeness (QED) is 0.609. The Morgan fingerprint density at radius 3 is 2.75 bits per heavy atom. The van der Waals surface area contributed by atoms with Gasteiger partial charge in [0.1, 0.15) is 12.1 Å². The summed E-state index contributed by atoms with van der Waals surface area (Å²) < 4.78 is 42.3. The first-order valence-electron chi connectivity index (χ1n) is 9.79. The third-order valence-electron chi connectivity index (χ3n) is 5.49. The molecule has 32 heavy (non-hydrogen) atoms. The molecule has 1 atom stereocenters. The van der Waals surface area contributed by atoms with Gasteiger partial charge >= 0.3 is 5.69 Å². The molecule has 0 aliphatic carbocycles. The molecule has 0 radical (unpaired) electrons. The minimum Gasteiger partial charge on any atom is -0.327 e. The zero-order chi connectivity index (χ0) is 23.0. The number of hydrogen-bond acceptors (Lipinski definition) is 5. The summed E-state index contributed by atoms with van der Waals surface area (Å²) in [5.74, 6) is -1.18. The fourth-order valence-corrected chi connectivity index (χ4v) is 4.86. The van der Waals surface area contributed by atoms with Gasteiger partial charge in [-0.25, -0.2) is 13.9 Å². The highest BCUT2D eigenvalue weighted by Gasteiger charge is 2.33. The van der Waals surface area contributed by atoms with Crippen molar-refractivity contribution in [3.05, 3.63) is 79.9 Å². The molecule has 168 valence electrons. The van der Waals surface area contributed by atoms with Crippen LogP contribution in [0.5, 0.6) is 0 Å². The van der Waals surface area contributed by atoms with Crippen LogP contribution in [0.4, 0.5) is 18.9 Å². The number of anilines is 1. The van der Waals surface area contributed by atoms with Crippen LogP contribution in [0.1, 0.15) is 21.2 Å². The minimum absolute atomic E-state index is 0.123. The summed E-state index contributed by atoms with van der Waals surface area (Å²) in [6.07, 6.45) is -0.326. The second kappa shape index (κ2) is 8.75. The molecule has 3 heterocycles. The molecule has 2 aromatic heterocycles. The van der Waals surface area contributed by atoms with Crippen LogP contribution in [0, 0.1) is 5.82 Å². The van der Waals surface area contributed by atoms with Crippen molar-refractivity contribution in [2.45, 2.75) is 25.4 Å². The first kappa shape index (κ1) is 22.0. The molecule has 1 aliphatic heterocycles. The van der Waals surface area contributed by atoms with Crippen molar-refractivity contribution in [1.29, 1.82) is 0 Å². The number of hydrogen-bond donors (Lipinski definition) is 1. The van der Waals surface area contributed by atoms with Crippen LogP contribution in [0.15, 0.2) is 53.1 Å². The van der Waals surface area contributed by atoms with E-state index in [9.17, 15) is 22.8 Å². The van der Waals surface area contributed by atoms with Crippen LogP contribution in [0.3, 0.4) is 0 Å². The molecule has 4 rings (SSSR count). The Kier molecular flexibility index (Phi) is 6.02. The number of para-hydroxylation sites is 1. The molecular formula is C21H20F3N5O2S. The minimum atomic E-state index is -1.95. The molecule has 11 heteroatoms. The normalized spacial score (nSPS) is 15.7. The highest BCUT2D eigenvalue weighted by molar-refractivity contribution is 7.12. The lowest BCUT2D eigenvalue weighted by Crippen LogP contribution is -2.36. The van der Waals surface area contributed by atoms with E-state index in [-0.39, 0.29) is 17.3 Å². The second-order valence-corrected chi connectivity index (χ2v) is 8.64. The number of rotatable bonds is 6. The molecule has 3 aromatic rings. The van der Waals surface area contributed by atoms with Gasteiger partial charge < -0.3 is 10.6 Å². The second-order valence-electron chi connectivity index (χ2n) is 7.47. The molecule has 0 fully saturated rings. The van der Waals surface area contributed by atoms with Crippen LogP contribution >= 0.6 is 11.3 Å². The van der Waals surface area contributed by atoms with Crippen molar-refractivity contribution in [1.82, 2.24) is 14.3 Å². The van der Waals surface area contributed by atoms with Crippen LogP contribution in [-0.4, -0.2) is 33.8 Å². The summed E-state index contributed by atoms with van der Waals surface area (Å²) in [4.78, 5) is 27.7. The zero-order valence-corrected chi connectivity index (χ0v) is 17.9. The maximum absolute atomic E-state index is 14.7. The van der Waals surface area contributed by atoms with Gasteiger partial charge in [-0.2, -0.15) is 13.9 Å². The first-order chi connectivity index (χ1) is 15.3. The van der Waals surface area contributed by atoms with E-state index in [0.717, 1.165) is 31.8 Å². The Labute approximate surface area is 185 Å². The standard InChI is InChI=1S/C21H20F3N5O2S/c1-27-16-5-3-2-4-12(16)6-14(20(27)30)17-7-15(22)18(32-17)10-28-11-26-29(21(28)31)9-13(8-25)19(23)24/h2-5,7,11,14H,6,8-10,25H2,1H3. The largest absolute Gasteiger partial charge is 0.346 e. The molecule has 1 unspecified atom stereocenters. The molecule has 0 spiro atoms. The van der Waals surface area contributed by atoms with E-state index in [1.165, 1.54) is 12.4 Å². The Morgan fingerprint density at radius 1 is 1.28 bits per heavy atom. The molecular weight excluding hydrogens is 443 g/mol. The van der Waals surface area contributed by atoms with Gasteiger partial charge in [-0.05, 0) is 24.1 Å². The number of halogens is 3. The van der Waals surface area contributed by atoms with Crippen molar-refractivity contribution < 1.29 is 18.0 Å². The van der Waals surface area contributed by atoms with Gasteiger partial charge in [-0.15, -0.1) is 11.3 Å². The molecule has 7 nitrogen and oxygen atoms in total. The van der Waals surface area contributed by atoms with E-state index in [1.54, 1.807) is 11.9 Å². The van der Waals surface area contributed by atoms with Gasteiger partial charge in [0.2, 0.25) is 5.91 Å². The summed E-state index contributed by atoms with van der Waals surface area (Å²) in [7, 11) is 1.69. The Balaban J connectivity index is 1.58. The third kappa shape index (κ3) is 4.00. The number of likely N-dealkylation sites (N-methyl/N-ethyl adjacent to an activating group) is 1. The number of nitrogens with two attached hydrogens (primary N) is 1. The zero-order valence-electron chi connectivity index (χ0n) is 17.1. The van der Waals surface area contributed by atoms with Crippen LogP contribution in [-0.2, 0) is 24.3 Å². The molecule has 0 bridgehead atoms. The van der Waals surface area contributed by atoms with Gasteiger partial charge in [-0.3, -0.25) is 9.36 Å². The van der Waals surface area contributed by atoms with Crippen molar-refractivity contribution >= 4 is 22.9 Å². The summed E-state index contributed by atoms with van der Waals surface area (Å²) in [5, 5.41) is 3.82. The average Bonchev–Trinajstić information content (AvgIpc) is 3.31. The average molecular weight is 463 g/mol. The lowest BCUT2D eigenvalue weighted by Gasteiger charge is -2.31. The summed E-state index contributed by atoms with van der Waals surface area (Å²) in [5.41, 5.74) is 6.05. The fourth-order valence-electron chi connectivity index (χ4n) is 3.72. The van der Waals surface area contributed by atoms with E-state index in [1.807, 2.05) is 24.3 Å². The van der Waals surface area contributed by atoms with Gasteiger partial charge in [0.05, 0.1) is 23.9 Å². The van der Waals surface area contributed by atoms with E-state index in [0.29, 0.717) is 11.3 Å². The SMILES string of the molecule is CN1C(=O)C(c2cc(F)c(Cn3cnn(CC(CN)=C(F)F)c3=O)s2)Cc2ccccc21. The van der Waals surface area contributed by atoms with Gasteiger partial charge in [0.25, 0.3) is 6.08 Å². The number of amides is 1.